The van der Waals surface area contributed by atoms with Crippen molar-refractivity contribution in [2.75, 3.05) is 24.8 Å². The van der Waals surface area contributed by atoms with Crippen LogP contribution in [-0.4, -0.2) is 25.9 Å². The van der Waals surface area contributed by atoms with E-state index in [0.717, 1.165) is 29.1 Å². The zero-order valence-electron chi connectivity index (χ0n) is 14.4. The first-order chi connectivity index (χ1) is 12.8. The van der Waals surface area contributed by atoms with Crippen LogP contribution in [0.4, 0.5) is 5.69 Å². The number of nitrogens with zero attached hydrogens (tertiary/aromatic N) is 1. The monoisotopic (exact) mass is 349 g/mol. The first-order valence-electron chi connectivity index (χ1n) is 9.26. The Balaban J connectivity index is 1.52. The average Bonchev–Trinajstić information content (AvgIpc) is 3.28. The SMILES string of the molecule is O=C1N(CC2CCC2)c2ccccc2C12COc1cc3c(cc12)OCO3. The van der Waals surface area contributed by atoms with Gasteiger partial charge in [0.15, 0.2) is 11.5 Å². The van der Waals surface area contributed by atoms with E-state index in [2.05, 4.69) is 12.1 Å². The molecule has 3 aliphatic heterocycles. The Morgan fingerprint density at radius 1 is 1.00 bits per heavy atom. The number of rotatable bonds is 2. The minimum absolute atomic E-state index is 0.128. The van der Waals surface area contributed by atoms with Gasteiger partial charge in [0.25, 0.3) is 0 Å². The second kappa shape index (κ2) is 4.93. The maximum Gasteiger partial charge on any atom is 0.245 e. The van der Waals surface area contributed by atoms with Gasteiger partial charge in [-0.25, -0.2) is 0 Å². The van der Waals surface area contributed by atoms with Crippen molar-refractivity contribution < 1.29 is 19.0 Å². The van der Waals surface area contributed by atoms with Crippen molar-refractivity contribution >= 4 is 11.6 Å². The summed E-state index contributed by atoms with van der Waals surface area (Å²) in [5, 5.41) is 0. The molecule has 0 aromatic heterocycles. The standard InChI is InChI=1S/C21H19NO4/c23-20-21(11-24-17-9-19-18(8-15(17)21)25-12-26-19)14-6-1-2-7-16(14)22(20)10-13-4-3-5-13/h1-2,6-9,13H,3-5,10-12H2. The highest BCUT2D eigenvalue weighted by Crippen LogP contribution is 2.55. The summed E-state index contributed by atoms with van der Waals surface area (Å²) >= 11 is 0. The van der Waals surface area contributed by atoms with Gasteiger partial charge in [0.1, 0.15) is 17.8 Å². The predicted octanol–water partition coefficient (Wildman–Crippen LogP) is 3.24. The molecule has 1 fully saturated rings. The summed E-state index contributed by atoms with van der Waals surface area (Å²) in [6.07, 6.45) is 3.70. The second-order valence-corrected chi connectivity index (χ2v) is 7.63. The third kappa shape index (κ3) is 1.68. The molecular formula is C21H19NO4. The number of carbonyl (C=O) groups is 1. The Hall–Kier alpha value is -2.69. The maximum absolute atomic E-state index is 13.7. The van der Waals surface area contributed by atoms with Crippen LogP contribution in [0.15, 0.2) is 36.4 Å². The summed E-state index contributed by atoms with van der Waals surface area (Å²) in [5.41, 5.74) is 2.20. The molecule has 0 radical (unpaired) electrons. The topological polar surface area (TPSA) is 48.0 Å². The van der Waals surface area contributed by atoms with E-state index in [0.29, 0.717) is 24.0 Å². The number of ether oxygens (including phenoxy) is 3. The van der Waals surface area contributed by atoms with Crippen LogP contribution in [-0.2, 0) is 10.2 Å². The van der Waals surface area contributed by atoms with E-state index in [1.807, 2.05) is 29.2 Å². The third-order valence-electron chi connectivity index (χ3n) is 6.31. The Bertz CT molecular complexity index is 936. The van der Waals surface area contributed by atoms with Crippen molar-refractivity contribution in [1.29, 1.82) is 0 Å². The number of para-hydroxylation sites is 1. The molecule has 1 amide bonds. The third-order valence-corrected chi connectivity index (χ3v) is 6.31. The summed E-state index contributed by atoms with van der Waals surface area (Å²) in [4.78, 5) is 15.7. The Morgan fingerprint density at radius 3 is 2.62 bits per heavy atom. The van der Waals surface area contributed by atoms with Gasteiger partial charge < -0.3 is 19.1 Å². The van der Waals surface area contributed by atoms with Gasteiger partial charge in [-0.1, -0.05) is 24.6 Å². The second-order valence-electron chi connectivity index (χ2n) is 7.63. The van der Waals surface area contributed by atoms with Crippen LogP contribution in [0.1, 0.15) is 30.4 Å². The van der Waals surface area contributed by atoms with E-state index in [-0.39, 0.29) is 12.7 Å². The van der Waals surface area contributed by atoms with E-state index in [9.17, 15) is 4.79 Å². The molecule has 4 aliphatic rings. The number of hydrogen-bond donors (Lipinski definition) is 0. The lowest BCUT2D eigenvalue weighted by molar-refractivity contribution is -0.122. The number of benzene rings is 2. The van der Waals surface area contributed by atoms with Gasteiger partial charge in [-0.15, -0.1) is 0 Å². The first-order valence-corrected chi connectivity index (χ1v) is 9.26. The van der Waals surface area contributed by atoms with Gasteiger partial charge >= 0.3 is 0 Å². The normalized spacial score (nSPS) is 25.2. The number of anilines is 1. The summed E-state index contributed by atoms with van der Waals surface area (Å²) in [6, 6.07) is 11.9. The molecule has 2 aromatic carbocycles. The zero-order chi connectivity index (χ0) is 17.3. The first kappa shape index (κ1) is 14.5. The highest BCUT2D eigenvalue weighted by Gasteiger charge is 2.57. The van der Waals surface area contributed by atoms with Crippen LogP contribution in [0.3, 0.4) is 0 Å². The lowest BCUT2D eigenvalue weighted by Crippen LogP contribution is -2.44. The van der Waals surface area contributed by atoms with Crippen molar-refractivity contribution in [1.82, 2.24) is 0 Å². The molecule has 1 spiro atoms. The fourth-order valence-corrected chi connectivity index (χ4v) is 4.68. The van der Waals surface area contributed by atoms with E-state index in [1.165, 1.54) is 19.3 Å². The van der Waals surface area contributed by atoms with E-state index >= 15 is 0 Å². The molecule has 5 nitrogen and oxygen atoms in total. The van der Waals surface area contributed by atoms with E-state index in [4.69, 9.17) is 14.2 Å². The molecule has 1 unspecified atom stereocenters. The van der Waals surface area contributed by atoms with Crippen molar-refractivity contribution in [2.45, 2.75) is 24.7 Å². The Kier molecular flexibility index (Phi) is 2.75. The molecule has 3 heterocycles. The minimum Gasteiger partial charge on any atom is -0.491 e. The fourth-order valence-electron chi connectivity index (χ4n) is 4.68. The van der Waals surface area contributed by atoms with Gasteiger partial charge in [-0.2, -0.15) is 0 Å². The van der Waals surface area contributed by atoms with Crippen LogP contribution >= 0.6 is 0 Å². The Morgan fingerprint density at radius 2 is 1.81 bits per heavy atom. The van der Waals surface area contributed by atoms with E-state index < -0.39 is 5.41 Å². The average molecular weight is 349 g/mol. The predicted molar refractivity (Wildman–Crippen MR) is 95.0 cm³/mol. The van der Waals surface area contributed by atoms with Gasteiger partial charge in [0, 0.05) is 23.9 Å². The van der Waals surface area contributed by atoms with Crippen molar-refractivity contribution in [3.63, 3.8) is 0 Å². The van der Waals surface area contributed by atoms with Gasteiger partial charge in [-0.05, 0) is 36.5 Å². The molecule has 0 bridgehead atoms. The van der Waals surface area contributed by atoms with Gasteiger partial charge in [0.2, 0.25) is 12.7 Å². The molecule has 1 atom stereocenters. The highest BCUT2D eigenvalue weighted by molar-refractivity contribution is 6.11. The number of carbonyl (C=O) groups excluding carboxylic acids is 1. The zero-order valence-corrected chi connectivity index (χ0v) is 14.4. The summed E-state index contributed by atoms with van der Waals surface area (Å²) < 4.78 is 17.0. The molecule has 2 aromatic rings. The molecule has 1 aliphatic carbocycles. The maximum atomic E-state index is 13.7. The largest absolute Gasteiger partial charge is 0.491 e. The minimum atomic E-state index is -0.767. The molecule has 6 rings (SSSR count). The lowest BCUT2D eigenvalue weighted by atomic mass is 9.77. The lowest BCUT2D eigenvalue weighted by Gasteiger charge is -2.31. The molecular weight excluding hydrogens is 330 g/mol. The van der Waals surface area contributed by atoms with Crippen LogP contribution in [0.25, 0.3) is 0 Å². The van der Waals surface area contributed by atoms with Gasteiger partial charge in [-0.3, -0.25) is 4.79 Å². The van der Waals surface area contributed by atoms with Crippen molar-refractivity contribution in [3.05, 3.63) is 47.5 Å². The molecule has 0 N–H and O–H groups in total. The van der Waals surface area contributed by atoms with Crippen molar-refractivity contribution in [2.24, 2.45) is 5.92 Å². The molecule has 5 heteroatoms. The number of fused-ring (bicyclic) bond motifs is 5. The molecule has 0 saturated heterocycles. The quantitative estimate of drug-likeness (QED) is 0.835. The van der Waals surface area contributed by atoms with Crippen LogP contribution in [0.2, 0.25) is 0 Å². The summed E-state index contributed by atoms with van der Waals surface area (Å²) in [6.45, 7) is 1.35. The smallest absolute Gasteiger partial charge is 0.245 e. The van der Waals surface area contributed by atoms with Crippen LogP contribution < -0.4 is 19.1 Å². The fraction of sp³-hybridized carbons (Fsp3) is 0.381. The summed E-state index contributed by atoms with van der Waals surface area (Å²) in [5.74, 6) is 2.84. The highest BCUT2D eigenvalue weighted by atomic mass is 16.7. The Labute approximate surface area is 151 Å². The number of hydrogen-bond acceptors (Lipinski definition) is 4. The number of amides is 1. The van der Waals surface area contributed by atoms with Gasteiger partial charge in [0.05, 0.1) is 0 Å². The molecule has 26 heavy (non-hydrogen) atoms. The van der Waals surface area contributed by atoms with Crippen molar-refractivity contribution in [3.8, 4) is 17.2 Å². The van der Waals surface area contributed by atoms with E-state index in [1.54, 1.807) is 0 Å². The summed E-state index contributed by atoms with van der Waals surface area (Å²) in [7, 11) is 0. The van der Waals surface area contributed by atoms with Crippen LogP contribution in [0.5, 0.6) is 17.2 Å². The molecule has 132 valence electrons. The van der Waals surface area contributed by atoms with Crippen LogP contribution in [0, 0.1) is 5.92 Å². The molecule has 1 saturated carbocycles.